The van der Waals surface area contributed by atoms with E-state index in [0.29, 0.717) is 12.2 Å². The van der Waals surface area contributed by atoms with Crippen molar-refractivity contribution in [1.29, 1.82) is 0 Å². The molecule has 10 heteroatoms. The Morgan fingerprint density at radius 2 is 2.33 bits per heavy atom. The smallest absolute Gasteiger partial charge is 0.249 e. The van der Waals surface area contributed by atoms with Crippen molar-refractivity contribution >= 4 is 23.6 Å². The number of carbonyl (C=O) groups is 2. The van der Waals surface area contributed by atoms with Crippen LogP contribution in [0.1, 0.15) is 39.1 Å². The summed E-state index contributed by atoms with van der Waals surface area (Å²) in [4.78, 5) is 26.5. The number of amides is 2. The van der Waals surface area contributed by atoms with Gasteiger partial charge in [-0.25, -0.2) is 0 Å². The van der Waals surface area contributed by atoms with Gasteiger partial charge in [0.2, 0.25) is 11.8 Å². The fourth-order valence-electron chi connectivity index (χ4n) is 3.10. The van der Waals surface area contributed by atoms with Gasteiger partial charge in [0, 0.05) is 4.75 Å². The lowest BCUT2D eigenvalue weighted by atomic mass is 9.95. The van der Waals surface area contributed by atoms with Crippen molar-refractivity contribution in [3.8, 4) is 0 Å². The summed E-state index contributed by atoms with van der Waals surface area (Å²) < 4.78 is -0.281. The molecule has 4 atom stereocenters. The Kier molecular flexibility index (Phi) is 4.35. The van der Waals surface area contributed by atoms with Crippen molar-refractivity contribution in [1.82, 2.24) is 30.8 Å². The van der Waals surface area contributed by atoms with Gasteiger partial charge in [0.1, 0.15) is 17.5 Å². The number of β-lactam (4-membered cyclic amide) rings is 1. The van der Waals surface area contributed by atoms with Gasteiger partial charge in [-0.3, -0.25) is 9.59 Å². The van der Waals surface area contributed by atoms with Gasteiger partial charge in [0.15, 0.2) is 5.82 Å². The first kappa shape index (κ1) is 16.9. The van der Waals surface area contributed by atoms with Crippen LogP contribution in [-0.4, -0.2) is 59.5 Å². The van der Waals surface area contributed by atoms with Crippen molar-refractivity contribution in [2.45, 2.75) is 55.4 Å². The highest BCUT2D eigenvalue weighted by Gasteiger charge is 2.63. The fraction of sp³-hybridized carbons (Fsp3) is 0.643. The zero-order chi connectivity index (χ0) is 17.5. The van der Waals surface area contributed by atoms with Crippen LogP contribution < -0.4 is 11.1 Å². The highest BCUT2D eigenvalue weighted by molar-refractivity contribution is 8.01. The molecule has 3 unspecified atom stereocenters. The molecular formula is C14H21N7O2S. The van der Waals surface area contributed by atoms with Gasteiger partial charge in [-0.1, -0.05) is 17.4 Å². The Morgan fingerprint density at radius 1 is 1.58 bits per heavy atom. The van der Waals surface area contributed by atoms with Crippen molar-refractivity contribution in [2.75, 3.05) is 0 Å². The molecule has 3 rings (SSSR count). The van der Waals surface area contributed by atoms with Crippen LogP contribution in [0, 0.1) is 0 Å². The molecule has 0 bridgehead atoms. The molecule has 2 saturated heterocycles. The highest BCUT2D eigenvalue weighted by atomic mass is 32.2. The molecule has 3 heterocycles. The van der Waals surface area contributed by atoms with Gasteiger partial charge in [-0.15, -0.1) is 22.0 Å². The Balaban J connectivity index is 1.71. The van der Waals surface area contributed by atoms with Gasteiger partial charge in [0.05, 0.1) is 6.04 Å². The maximum atomic E-state index is 12.6. The molecule has 0 aromatic carbocycles. The summed E-state index contributed by atoms with van der Waals surface area (Å²) in [6.45, 7) is 5.93. The zero-order valence-corrected chi connectivity index (χ0v) is 14.6. The van der Waals surface area contributed by atoms with E-state index in [4.69, 9.17) is 5.73 Å². The maximum absolute atomic E-state index is 12.6. The number of thioether (sulfide) groups is 1. The molecule has 1 aromatic rings. The normalized spacial score (nSPS) is 29.4. The van der Waals surface area contributed by atoms with Crippen molar-refractivity contribution < 1.29 is 9.59 Å². The number of aromatic amines is 1. The summed E-state index contributed by atoms with van der Waals surface area (Å²) in [5.41, 5.74) is 5.84. The second-order valence-electron chi connectivity index (χ2n) is 6.43. The van der Waals surface area contributed by atoms with E-state index in [1.165, 1.54) is 0 Å². The number of tetrazole rings is 1. The van der Waals surface area contributed by atoms with Crippen LogP contribution in [0.4, 0.5) is 0 Å². The summed E-state index contributed by atoms with van der Waals surface area (Å²) in [5.74, 6) is 0.0323. The molecule has 0 spiro atoms. The lowest BCUT2D eigenvalue weighted by molar-refractivity contribution is -0.152. The van der Waals surface area contributed by atoms with Crippen LogP contribution in [-0.2, 0) is 9.59 Å². The third kappa shape index (κ3) is 2.69. The zero-order valence-electron chi connectivity index (χ0n) is 13.8. The van der Waals surface area contributed by atoms with E-state index in [9.17, 15) is 9.59 Å². The second kappa shape index (κ2) is 6.17. The van der Waals surface area contributed by atoms with Crippen LogP contribution in [0.3, 0.4) is 0 Å². The predicted octanol–water partition coefficient (Wildman–Crippen LogP) is -0.287. The van der Waals surface area contributed by atoms with Crippen LogP contribution in [0.25, 0.3) is 0 Å². The van der Waals surface area contributed by atoms with Gasteiger partial charge in [0.25, 0.3) is 0 Å². The van der Waals surface area contributed by atoms with E-state index in [1.807, 2.05) is 32.9 Å². The quantitative estimate of drug-likeness (QED) is 0.491. The summed E-state index contributed by atoms with van der Waals surface area (Å²) in [6.07, 6.45) is 4.12. The Hall–Kier alpha value is -1.94. The summed E-state index contributed by atoms with van der Waals surface area (Å²) in [6, 6.07) is -1.49. The van der Waals surface area contributed by atoms with Crippen LogP contribution in [0.2, 0.25) is 0 Å². The second-order valence-corrected chi connectivity index (χ2v) is 8.20. The number of allylic oxidation sites excluding steroid dienone is 1. The molecule has 130 valence electrons. The number of fused-ring (bicyclic) bond motifs is 1. The third-order valence-electron chi connectivity index (χ3n) is 4.31. The number of H-pyrrole nitrogens is 1. The lowest BCUT2D eigenvalue weighted by Gasteiger charge is -2.44. The summed E-state index contributed by atoms with van der Waals surface area (Å²) >= 11 is 1.62. The van der Waals surface area contributed by atoms with Crippen LogP contribution >= 0.6 is 11.8 Å². The fourth-order valence-corrected chi connectivity index (χ4v) is 4.73. The Labute approximate surface area is 143 Å². The molecule has 0 saturated carbocycles. The van der Waals surface area contributed by atoms with E-state index < -0.39 is 12.1 Å². The first-order valence-electron chi connectivity index (χ1n) is 7.77. The van der Waals surface area contributed by atoms with Gasteiger partial charge < -0.3 is 16.0 Å². The van der Waals surface area contributed by atoms with E-state index in [2.05, 4.69) is 25.9 Å². The van der Waals surface area contributed by atoms with Crippen molar-refractivity contribution in [2.24, 2.45) is 5.73 Å². The average Bonchev–Trinajstić information content (AvgIpc) is 3.14. The molecule has 2 aliphatic rings. The van der Waals surface area contributed by atoms with E-state index in [0.717, 1.165) is 0 Å². The molecule has 24 heavy (non-hydrogen) atoms. The minimum atomic E-state index is -0.657. The molecule has 4 N–H and O–H groups in total. The molecular weight excluding hydrogens is 330 g/mol. The number of nitrogens with zero attached hydrogens (tertiary/aromatic N) is 4. The SMILES string of the molecule is CC=CCC(N)C(=O)NC1C(=O)N2C(c3nn[nH]n3)C(C)(C)S[C@H]12. The third-order valence-corrected chi connectivity index (χ3v) is 5.88. The summed E-state index contributed by atoms with van der Waals surface area (Å²) in [5, 5.41) is 16.7. The number of hydrogen-bond donors (Lipinski definition) is 3. The minimum absolute atomic E-state index is 0.139. The van der Waals surface area contributed by atoms with Crippen LogP contribution in [0.5, 0.6) is 0 Å². The number of aromatic nitrogens is 4. The molecule has 1 aromatic heterocycles. The van der Waals surface area contributed by atoms with E-state index in [1.54, 1.807) is 16.7 Å². The largest absolute Gasteiger partial charge is 0.340 e. The summed E-state index contributed by atoms with van der Waals surface area (Å²) in [7, 11) is 0. The average molecular weight is 351 g/mol. The number of hydrogen-bond acceptors (Lipinski definition) is 7. The predicted molar refractivity (Wildman–Crippen MR) is 88.6 cm³/mol. The van der Waals surface area contributed by atoms with E-state index >= 15 is 0 Å². The van der Waals surface area contributed by atoms with Crippen molar-refractivity contribution in [3.05, 3.63) is 18.0 Å². The lowest BCUT2D eigenvalue weighted by Crippen LogP contribution is -2.69. The highest BCUT2D eigenvalue weighted by Crippen LogP contribution is 2.56. The standard InChI is InChI=1S/C14H21N7O2S/c1-4-5-6-7(15)11(22)16-8-12(23)21-9(10-17-19-20-18-10)14(2,3)24-13(8)21/h4-5,7-9,13H,6,15H2,1-3H3,(H,16,22)(H,17,18,19,20)/t7?,8?,9?,13-/m1/s1. The van der Waals surface area contributed by atoms with Gasteiger partial charge in [-0.05, 0) is 27.2 Å². The number of nitrogens with two attached hydrogens (primary N) is 1. The minimum Gasteiger partial charge on any atom is -0.340 e. The topological polar surface area (TPSA) is 130 Å². The molecule has 2 fully saturated rings. The molecule has 9 nitrogen and oxygen atoms in total. The van der Waals surface area contributed by atoms with E-state index in [-0.39, 0.29) is 28.0 Å². The first-order valence-corrected chi connectivity index (χ1v) is 8.65. The monoisotopic (exact) mass is 351 g/mol. The molecule has 2 aliphatic heterocycles. The Morgan fingerprint density at radius 3 is 2.96 bits per heavy atom. The van der Waals surface area contributed by atoms with Gasteiger partial charge >= 0.3 is 0 Å². The van der Waals surface area contributed by atoms with Gasteiger partial charge in [-0.2, -0.15) is 5.21 Å². The maximum Gasteiger partial charge on any atom is 0.249 e. The molecule has 0 aliphatic carbocycles. The van der Waals surface area contributed by atoms with Crippen LogP contribution in [0.15, 0.2) is 12.2 Å². The molecule has 2 amide bonds. The number of rotatable bonds is 5. The Bertz CT molecular complexity index is 660. The number of carbonyl (C=O) groups excluding carboxylic acids is 2. The van der Waals surface area contributed by atoms with Crippen molar-refractivity contribution in [3.63, 3.8) is 0 Å². The number of nitrogens with one attached hydrogen (secondary N) is 2. The molecule has 0 radical (unpaired) electrons. The first-order chi connectivity index (χ1) is 11.4.